The molecular weight excluding hydrogens is 638 g/mol. The van der Waals surface area contributed by atoms with Gasteiger partial charge in [0, 0.05) is 37.1 Å². The molecule has 0 aliphatic heterocycles. The fourth-order valence-electron chi connectivity index (χ4n) is 4.98. The summed E-state index contributed by atoms with van der Waals surface area (Å²) in [7, 11) is 2.90. The summed E-state index contributed by atoms with van der Waals surface area (Å²) in [5, 5.41) is 3.04. The van der Waals surface area contributed by atoms with E-state index in [1.807, 2.05) is 0 Å². The largest absolute Gasteiger partial charge is 0.416 e. The minimum Gasteiger partial charge on any atom is -0.338 e. The molecule has 0 aliphatic carbocycles. The van der Waals surface area contributed by atoms with Crippen LogP contribution in [0.3, 0.4) is 0 Å². The highest BCUT2D eigenvalue weighted by Gasteiger charge is 2.38. The third kappa shape index (κ3) is 7.82. The molecule has 0 fully saturated rings. The number of nitrogens with one attached hydrogen (secondary N) is 1. The number of hydrogen-bond acceptors (Lipinski definition) is 3. The van der Waals surface area contributed by atoms with Crippen molar-refractivity contribution in [1.82, 2.24) is 14.3 Å². The summed E-state index contributed by atoms with van der Waals surface area (Å²) in [5.74, 6) is -1.67. The summed E-state index contributed by atoms with van der Waals surface area (Å²) in [4.78, 5) is 40.7. The molecular formula is C32H29ClF6N4O3. The molecule has 1 N–H and O–H groups in total. The minimum atomic E-state index is -5.13. The molecule has 0 saturated carbocycles. The number of benzene rings is 3. The van der Waals surface area contributed by atoms with Crippen LogP contribution < -0.4 is 10.9 Å². The quantitative estimate of drug-likeness (QED) is 0.191. The lowest BCUT2D eigenvalue weighted by atomic mass is 9.98. The summed E-state index contributed by atoms with van der Waals surface area (Å²) >= 11 is 5.97. The zero-order chi connectivity index (χ0) is 34.0. The average molecular weight is 667 g/mol. The molecule has 4 rings (SSSR count). The Morgan fingerprint density at radius 2 is 1.48 bits per heavy atom. The molecule has 244 valence electrons. The summed E-state index contributed by atoms with van der Waals surface area (Å²) in [6, 6.07) is 15.1. The van der Waals surface area contributed by atoms with E-state index in [0.717, 1.165) is 4.90 Å². The fraction of sp³-hybridized carbons (Fsp3) is 0.281. The van der Waals surface area contributed by atoms with Gasteiger partial charge in [0.1, 0.15) is 5.69 Å². The standard InChI is InChI=1S/C32H29ClF6N4O3/c1-19-28(30(46)43(42(19)3)25-7-5-4-6-8-25)40-27(44)14-13-26(15-20-9-11-24(33)12-10-20)41(2)29(45)21-16-22(31(34,35)36)18-23(17-21)32(37,38)39/h4-12,16-18,26H,13-15H2,1-3H3,(H,40,44). The molecule has 0 spiro atoms. The van der Waals surface area contributed by atoms with Crippen LogP contribution in [-0.2, 0) is 30.6 Å². The van der Waals surface area contributed by atoms with Crippen LogP contribution in [0.4, 0.5) is 32.0 Å². The Hall–Kier alpha value is -4.52. The van der Waals surface area contributed by atoms with E-state index < -0.39 is 52.5 Å². The van der Waals surface area contributed by atoms with Gasteiger partial charge >= 0.3 is 12.4 Å². The monoisotopic (exact) mass is 666 g/mol. The molecule has 2 amide bonds. The number of alkyl halides is 6. The highest BCUT2D eigenvalue weighted by Crippen LogP contribution is 2.36. The number of para-hydroxylation sites is 1. The summed E-state index contributed by atoms with van der Waals surface area (Å²) in [6.07, 6.45) is -10.4. The van der Waals surface area contributed by atoms with Gasteiger partial charge in [-0.05, 0) is 67.8 Å². The Labute approximate surface area is 265 Å². The van der Waals surface area contributed by atoms with Crippen LogP contribution >= 0.6 is 11.6 Å². The lowest BCUT2D eigenvalue weighted by Crippen LogP contribution is -2.39. The normalized spacial score (nSPS) is 12.6. The zero-order valence-corrected chi connectivity index (χ0v) is 25.6. The second kappa shape index (κ2) is 13.5. The molecule has 0 bridgehead atoms. The van der Waals surface area contributed by atoms with E-state index >= 15 is 0 Å². The summed E-state index contributed by atoms with van der Waals surface area (Å²) in [5.41, 5.74) is -2.79. The van der Waals surface area contributed by atoms with Gasteiger partial charge in [0.2, 0.25) is 5.91 Å². The van der Waals surface area contributed by atoms with Crippen LogP contribution in [0.15, 0.2) is 77.6 Å². The molecule has 14 heteroatoms. The summed E-state index contributed by atoms with van der Waals surface area (Å²) < 4.78 is 83.8. The zero-order valence-electron chi connectivity index (χ0n) is 24.8. The topological polar surface area (TPSA) is 76.3 Å². The minimum absolute atomic E-state index is 0.0404. The van der Waals surface area contributed by atoms with Gasteiger partial charge in [-0.25, -0.2) is 4.68 Å². The first-order valence-electron chi connectivity index (χ1n) is 13.9. The van der Waals surface area contributed by atoms with E-state index in [4.69, 9.17) is 11.6 Å². The van der Waals surface area contributed by atoms with Gasteiger partial charge in [0.15, 0.2) is 0 Å². The third-order valence-electron chi connectivity index (χ3n) is 7.61. The molecule has 0 aliphatic rings. The van der Waals surface area contributed by atoms with E-state index in [2.05, 4.69) is 5.32 Å². The number of anilines is 1. The number of carbonyl (C=O) groups excluding carboxylic acids is 2. The van der Waals surface area contributed by atoms with E-state index in [1.54, 1.807) is 73.3 Å². The van der Waals surface area contributed by atoms with Crippen LogP contribution in [0.1, 0.15) is 45.6 Å². The second-order valence-corrected chi connectivity index (χ2v) is 11.2. The van der Waals surface area contributed by atoms with Crippen molar-refractivity contribution < 1.29 is 35.9 Å². The van der Waals surface area contributed by atoms with E-state index in [0.29, 0.717) is 34.1 Å². The highest BCUT2D eigenvalue weighted by atomic mass is 35.5. The van der Waals surface area contributed by atoms with Gasteiger partial charge in [-0.1, -0.05) is 41.9 Å². The number of hydrogen-bond donors (Lipinski definition) is 1. The molecule has 46 heavy (non-hydrogen) atoms. The van der Waals surface area contributed by atoms with Crippen LogP contribution in [0.2, 0.25) is 5.02 Å². The van der Waals surface area contributed by atoms with Crippen molar-refractivity contribution in [3.8, 4) is 5.69 Å². The first kappa shape index (κ1) is 34.4. The molecule has 1 heterocycles. The molecule has 3 aromatic carbocycles. The number of halogens is 7. The first-order valence-corrected chi connectivity index (χ1v) is 14.3. The number of rotatable bonds is 9. The fourth-order valence-corrected chi connectivity index (χ4v) is 5.11. The molecule has 1 aromatic heterocycles. The maximum absolute atomic E-state index is 13.5. The Morgan fingerprint density at radius 1 is 0.913 bits per heavy atom. The van der Waals surface area contributed by atoms with Crippen LogP contribution in [0, 0.1) is 6.92 Å². The predicted molar refractivity (Wildman–Crippen MR) is 161 cm³/mol. The van der Waals surface area contributed by atoms with Crippen molar-refractivity contribution in [1.29, 1.82) is 0 Å². The van der Waals surface area contributed by atoms with E-state index in [1.165, 1.54) is 11.7 Å². The summed E-state index contributed by atoms with van der Waals surface area (Å²) in [6.45, 7) is 1.65. The van der Waals surface area contributed by atoms with Crippen LogP contribution in [-0.4, -0.2) is 39.2 Å². The Bertz CT molecular complexity index is 1750. The van der Waals surface area contributed by atoms with Crippen molar-refractivity contribution in [2.75, 3.05) is 12.4 Å². The molecule has 1 unspecified atom stereocenters. The van der Waals surface area contributed by atoms with Gasteiger partial charge in [-0.15, -0.1) is 0 Å². The van der Waals surface area contributed by atoms with Crippen molar-refractivity contribution >= 4 is 29.1 Å². The van der Waals surface area contributed by atoms with Gasteiger partial charge in [-0.3, -0.25) is 19.1 Å². The molecule has 0 radical (unpaired) electrons. The Balaban J connectivity index is 1.60. The lowest BCUT2D eigenvalue weighted by molar-refractivity contribution is -0.143. The maximum Gasteiger partial charge on any atom is 0.416 e. The van der Waals surface area contributed by atoms with Crippen LogP contribution in [0.25, 0.3) is 5.69 Å². The third-order valence-corrected chi connectivity index (χ3v) is 7.86. The number of amides is 2. The number of nitrogens with zero attached hydrogens (tertiary/aromatic N) is 3. The SMILES string of the molecule is Cc1c(NC(=O)CCC(Cc2ccc(Cl)cc2)N(C)C(=O)c2cc(C(F)(F)F)cc(C(F)(F)F)c2)c(=O)n(-c2ccccc2)n1C. The lowest BCUT2D eigenvalue weighted by Gasteiger charge is -2.29. The Morgan fingerprint density at radius 3 is 2.02 bits per heavy atom. The smallest absolute Gasteiger partial charge is 0.338 e. The average Bonchev–Trinajstić information content (AvgIpc) is 3.21. The second-order valence-electron chi connectivity index (χ2n) is 10.7. The van der Waals surface area contributed by atoms with Crippen molar-refractivity contribution in [2.45, 2.75) is 44.6 Å². The predicted octanol–water partition coefficient (Wildman–Crippen LogP) is 7.28. The molecule has 1 atom stereocenters. The first-order chi connectivity index (χ1) is 21.5. The van der Waals surface area contributed by atoms with Crippen LogP contribution in [0.5, 0.6) is 0 Å². The highest BCUT2D eigenvalue weighted by molar-refractivity contribution is 6.30. The number of carbonyl (C=O) groups is 2. The number of likely N-dealkylation sites (N-methyl/N-ethyl adjacent to an activating group) is 1. The van der Waals surface area contributed by atoms with Gasteiger partial charge < -0.3 is 10.2 Å². The van der Waals surface area contributed by atoms with Crippen molar-refractivity contribution in [3.05, 3.63) is 116 Å². The molecule has 4 aromatic rings. The van der Waals surface area contributed by atoms with Gasteiger partial charge in [0.25, 0.3) is 11.5 Å². The maximum atomic E-state index is 13.5. The van der Waals surface area contributed by atoms with Crippen molar-refractivity contribution in [2.24, 2.45) is 7.05 Å². The van der Waals surface area contributed by atoms with E-state index in [-0.39, 0.29) is 31.0 Å². The molecule has 0 saturated heterocycles. The molecule has 7 nitrogen and oxygen atoms in total. The number of aromatic nitrogens is 2. The van der Waals surface area contributed by atoms with Gasteiger partial charge in [-0.2, -0.15) is 26.3 Å². The Kier molecular flexibility index (Phi) is 10.0. The van der Waals surface area contributed by atoms with Gasteiger partial charge in [0.05, 0.1) is 22.5 Å². The van der Waals surface area contributed by atoms with Crippen molar-refractivity contribution in [3.63, 3.8) is 0 Å². The van der Waals surface area contributed by atoms with E-state index in [9.17, 15) is 40.7 Å².